The first-order chi connectivity index (χ1) is 9.33. The van der Waals surface area contributed by atoms with Crippen molar-refractivity contribution < 1.29 is 18.5 Å². The standard InChI is InChI=1S/C13H30N.C2H3O3P/c1-5-6-7-8-9-10-11-12-13-14(2,3)4;1-2-5-6(3)4/h5-13H2,1-4H3;2H,1H2/q+1;. The van der Waals surface area contributed by atoms with Gasteiger partial charge >= 0.3 is 8.25 Å². The van der Waals surface area contributed by atoms with E-state index in [4.69, 9.17) is 0 Å². The van der Waals surface area contributed by atoms with E-state index in [1.165, 1.54) is 57.9 Å². The Balaban J connectivity index is 0. The largest absolute Gasteiger partial charge is 0.558 e. The van der Waals surface area contributed by atoms with Gasteiger partial charge in [0.1, 0.15) is 6.26 Å². The minimum Gasteiger partial charge on any atom is -0.558 e. The van der Waals surface area contributed by atoms with Gasteiger partial charge in [0.05, 0.1) is 27.7 Å². The van der Waals surface area contributed by atoms with Crippen LogP contribution in [0.25, 0.3) is 0 Å². The van der Waals surface area contributed by atoms with Gasteiger partial charge in [-0.15, -0.1) is 0 Å². The first-order valence-electron chi connectivity index (χ1n) is 7.56. The predicted octanol–water partition coefficient (Wildman–Crippen LogP) is 4.00. The SMILES string of the molecule is C=CO[P+](=O)[O-].CCCCCCCCCC[N+](C)(C)C. The van der Waals surface area contributed by atoms with Crippen molar-refractivity contribution in [2.45, 2.75) is 58.3 Å². The van der Waals surface area contributed by atoms with Gasteiger partial charge in [0.25, 0.3) is 0 Å². The van der Waals surface area contributed by atoms with Gasteiger partial charge in [-0.2, -0.15) is 0 Å². The summed E-state index contributed by atoms with van der Waals surface area (Å²) in [6.45, 7) is 6.60. The Kier molecular flexibility index (Phi) is 16.3. The normalized spacial score (nSPS) is 11.3. The van der Waals surface area contributed by atoms with Crippen molar-refractivity contribution in [3.63, 3.8) is 0 Å². The molecule has 20 heavy (non-hydrogen) atoms. The van der Waals surface area contributed by atoms with Gasteiger partial charge in [-0.05, 0) is 17.4 Å². The third kappa shape index (κ3) is 26.2. The Hall–Kier alpha value is -0.440. The second-order valence-corrected chi connectivity index (χ2v) is 6.64. The molecule has 0 rings (SSSR count). The second-order valence-electron chi connectivity index (χ2n) is 5.98. The third-order valence-electron chi connectivity index (χ3n) is 2.84. The first kappa shape index (κ1) is 21.9. The maximum absolute atomic E-state index is 9.34. The summed E-state index contributed by atoms with van der Waals surface area (Å²) in [5, 5.41) is 0. The van der Waals surface area contributed by atoms with E-state index in [1.807, 2.05) is 0 Å². The van der Waals surface area contributed by atoms with E-state index in [0.29, 0.717) is 0 Å². The number of hydrogen-bond acceptors (Lipinski definition) is 3. The van der Waals surface area contributed by atoms with Crippen LogP contribution in [0.3, 0.4) is 0 Å². The number of hydrogen-bond donors (Lipinski definition) is 0. The van der Waals surface area contributed by atoms with Gasteiger partial charge in [-0.25, -0.2) is 0 Å². The Bertz CT molecular complexity index is 240. The summed E-state index contributed by atoms with van der Waals surface area (Å²) < 4.78 is 14.2. The number of nitrogens with zero attached hydrogens (tertiary/aromatic N) is 1. The van der Waals surface area contributed by atoms with Crippen LogP contribution < -0.4 is 4.89 Å². The summed E-state index contributed by atoms with van der Waals surface area (Å²) in [6, 6.07) is 0. The molecule has 0 aliphatic rings. The Morgan fingerprint density at radius 3 is 1.80 bits per heavy atom. The van der Waals surface area contributed by atoms with Crippen molar-refractivity contribution in [2.24, 2.45) is 0 Å². The van der Waals surface area contributed by atoms with Crippen molar-refractivity contribution in [3.8, 4) is 0 Å². The molecule has 0 aromatic carbocycles. The van der Waals surface area contributed by atoms with Crippen LogP contribution >= 0.6 is 8.25 Å². The first-order valence-corrected chi connectivity index (χ1v) is 8.65. The van der Waals surface area contributed by atoms with E-state index in [1.54, 1.807) is 0 Å². The average molecular weight is 306 g/mol. The summed E-state index contributed by atoms with van der Waals surface area (Å²) in [5.41, 5.74) is 0. The molecule has 0 spiro atoms. The van der Waals surface area contributed by atoms with Crippen molar-refractivity contribution in [2.75, 3.05) is 27.7 Å². The van der Waals surface area contributed by atoms with Gasteiger partial charge in [-0.3, -0.25) is 4.52 Å². The monoisotopic (exact) mass is 306 g/mol. The summed E-state index contributed by atoms with van der Waals surface area (Å²) in [4.78, 5) is 9.34. The van der Waals surface area contributed by atoms with Crippen LogP contribution in [-0.2, 0) is 9.09 Å². The zero-order chi connectivity index (χ0) is 15.9. The van der Waals surface area contributed by atoms with Crippen LogP contribution in [0.4, 0.5) is 0 Å². The molecule has 0 aromatic rings. The molecule has 1 atom stereocenters. The zero-order valence-electron chi connectivity index (χ0n) is 13.8. The summed E-state index contributed by atoms with van der Waals surface area (Å²) in [5.74, 6) is 0. The Labute approximate surface area is 126 Å². The quantitative estimate of drug-likeness (QED) is 0.251. The highest BCUT2D eigenvalue weighted by Gasteiger charge is 2.04. The number of rotatable bonds is 11. The fourth-order valence-corrected chi connectivity index (χ4v) is 1.90. The van der Waals surface area contributed by atoms with Crippen molar-refractivity contribution >= 4 is 8.25 Å². The zero-order valence-corrected chi connectivity index (χ0v) is 14.7. The van der Waals surface area contributed by atoms with Crippen LogP contribution in [0.5, 0.6) is 0 Å². The van der Waals surface area contributed by atoms with Crippen molar-refractivity contribution in [1.29, 1.82) is 0 Å². The highest BCUT2D eigenvalue weighted by atomic mass is 31.1. The second kappa shape index (κ2) is 15.0. The van der Waals surface area contributed by atoms with Gasteiger partial charge in [0, 0.05) is 0 Å². The molecule has 0 N–H and O–H groups in total. The molecule has 0 radical (unpaired) electrons. The predicted molar refractivity (Wildman–Crippen MR) is 84.4 cm³/mol. The molecular weight excluding hydrogens is 273 g/mol. The van der Waals surface area contributed by atoms with Gasteiger partial charge in [-0.1, -0.05) is 52.0 Å². The van der Waals surface area contributed by atoms with E-state index in [9.17, 15) is 9.46 Å². The van der Waals surface area contributed by atoms with Crippen LogP contribution in [0.15, 0.2) is 12.8 Å². The molecule has 0 saturated carbocycles. The molecule has 0 saturated heterocycles. The van der Waals surface area contributed by atoms with Gasteiger partial charge < -0.3 is 9.38 Å². The molecule has 0 bridgehead atoms. The highest BCUT2D eigenvalue weighted by molar-refractivity contribution is 7.30. The lowest BCUT2D eigenvalue weighted by Crippen LogP contribution is -2.35. The molecule has 1 unspecified atom stereocenters. The molecule has 0 aliphatic carbocycles. The lowest BCUT2D eigenvalue weighted by atomic mass is 10.1. The van der Waals surface area contributed by atoms with E-state index >= 15 is 0 Å². The Morgan fingerprint density at radius 2 is 1.50 bits per heavy atom. The summed E-state index contributed by atoms with van der Waals surface area (Å²) in [7, 11) is 4.12. The van der Waals surface area contributed by atoms with E-state index in [0.717, 1.165) is 10.7 Å². The van der Waals surface area contributed by atoms with E-state index < -0.39 is 8.25 Å². The maximum atomic E-state index is 9.34. The Morgan fingerprint density at radius 1 is 1.05 bits per heavy atom. The minimum atomic E-state index is -2.72. The molecule has 4 nitrogen and oxygen atoms in total. The van der Waals surface area contributed by atoms with Crippen molar-refractivity contribution in [1.82, 2.24) is 0 Å². The van der Waals surface area contributed by atoms with Crippen LogP contribution in [0.2, 0.25) is 0 Å². The molecule has 0 amide bonds. The molecule has 0 aromatic heterocycles. The summed E-state index contributed by atoms with van der Waals surface area (Å²) >= 11 is 0. The van der Waals surface area contributed by atoms with Crippen LogP contribution in [0, 0.1) is 0 Å². The topological polar surface area (TPSA) is 49.4 Å². The lowest BCUT2D eigenvalue weighted by molar-refractivity contribution is -0.870. The minimum absolute atomic E-state index is 0.853. The van der Waals surface area contributed by atoms with Crippen LogP contribution in [-0.4, -0.2) is 32.2 Å². The van der Waals surface area contributed by atoms with Gasteiger partial charge in [0.2, 0.25) is 0 Å². The highest BCUT2D eigenvalue weighted by Crippen LogP contribution is 2.09. The average Bonchev–Trinajstić information content (AvgIpc) is 2.32. The number of quaternary nitrogens is 1. The third-order valence-corrected chi connectivity index (χ3v) is 3.16. The smallest absolute Gasteiger partial charge is 0.538 e. The molecular formula is C15H33NO3P+. The number of unbranched alkanes of at least 4 members (excludes halogenated alkanes) is 7. The molecule has 120 valence electrons. The van der Waals surface area contributed by atoms with Gasteiger partial charge in [0.15, 0.2) is 0 Å². The molecule has 5 heteroatoms. The van der Waals surface area contributed by atoms with E-state index in [-0.39, 0.29) is 0 Å². The maximum Gasteiger partial charge on any atom is 0.538 e. The molecule has 0 heterocycles. The van der Waals surface area contributed by atoms with Crippen LogP contribution in [0.1, 0.15) is 58.3 Å². The molecule has 0 fully saturated rings. The van der Waals surface area contributed by atoms with E-state index in [2.05, 4.69) is 39.2 Å². The fourth-order valence-electron chi connectivity index (χ4n) is 1.78. The fraction of sp³-hybridized carbons (Fsp3) is 0.867. The lowest BCUT2D eigenvalue weighted by Gasteiger charge is -2.23. The van der Waals surface area contributed by atoms with Crippen molar-refractivity contribution in [3.05, 3.63) is 12.8 Å². The summed E-state index contributed by atoms with van der Waals surface area (Å²) in [6.07, 6.45) is 12.3. The molecule has 0 aliphatic heterocycles.